The van der Waals surface area contributed by atoms with Crippen LogP contribution in [0.4, 0.5) is 11.4 Å². The molecule has 0 atom stereocenters. The maximum absolute atomic E-state index is 12.0. The highest BCUT2D eigenvalue weighted by molar-refractivity contribution is 6.03. The molecule has 0 bridgehead atoms. The molecule has 0 fully saturated rings. The van der Waals surface area contributed by atoms with Crippen LogP contribution in [0.3, 0.4) is 0 Å². The van der Waals surface area contributed by atoms with Crippen LogP contribution in [-0.4, -0.2) is 25.0 Å². The molecular weight excluding hydrogens is 318 g/mol. The minimum atomic E-state index is -0.589. The third kappa shape index (κ3) is 5.69. The number of carbonyl (C=O) groups is 2. The first-order valence-corrected chi connectivity index (χ1v) is 7.75. The van der Waals surface area contributed by atoms with Gasteiger partial charge in [-0.15, -0.1) is 0 Å². The van der Waals surface area contributed by atoms with E-state index in [0.29, 0.717) is 12.3 Å². The van der Waals surface area contributed by atoms with Gasteiger partial charge in [0, 0.05) is 5.69 Å². The van der Waals surface area contributed by atoms with Gasteiger partial charge in [0.25, 0.3) is 5.91 Å². The van der Waals surface area contributed by atoms with Crippen LogP contribution in [0.25, 0.3) is 0 Å². The zero-order valence-corrected chi connectivity index (χ0v) is 14.0. The summed E-state index contributed by atoms with van der Waals surface area (Å²) in [4.78, 5) is 23.4. The zero-order chi connectivity index (χ0) is 18.2. The van der Waals surface area contributed by atoms with Gasteiger partial charge in [-0.3, -0.25) is 9.59 Å². The van der Waals surface area contributed by atoms with Crippen LogP contribution >= 0.6 is 0 Å². The molecule has 0 aromatic heterocycles. The predicted octanol–water partition coefficient (Wildman–Crippen LogP) is 2.79. The summed E-state index contributed by atoms with van der Waals surface area (Å²) in [6.07, 6.45) is 0. The molecule has 0 radical (unpaired) electrons. The van der Waals surface area contributed by atoms with Gasteiger partial charge in [-0.2, -0.15) is 0 Å². The average Bonchev–Trinajstić information content (AvgIpc) is 2.59. The smallest absolute Gasteiger partial charge is 0.250 e. The topological polar surface area (TPSA) is 93.4 Å². The summed E-state index contributed by atoms with van der Waals surface area (Å²) in [5, 5.41) is 5.67. The highest BCUT2D eigenvalue weighted by atomic mass is 16.5. The maximum Gasteiger partial charge on any atom is 0.250 e. The molecule has 4 N–H and O–H groups in total. The van der Waals surface area contributed by atoms with E-state index in [1.807, 2.05) is 31.2 Å². The number of para-hydroxylation sites is 1. The van der Waals surface area contributed by atoms with E-state index in [0.717, 1.165) is 17.0 Å². The lowest BCUT2D eigenvalue weighted by atomic mass is 10.1. The number of rotatable bonds is 8. The SMILES string of the molecule is C=C(C)COc1ccc(NCC(=O)Nc2ccccc2C(N)=O)cc1. The molecule has 0 unspecified atom stereocenters. The predicted molar refractivity (Wildman–Crippen MR) is 98.8 cm³/mol. The molecule has 0 saturated heterocycles. The Kier molecular flexibility index (Phi) is 6.17. The first kappa shape index (κ1) is 18.1. The number of anilines is 2. The number of carbonyl (C=O) groups excluding carboxylic acids is 2. The molecule has 6 heteroatoms. The minimum absolute atomic E-state index is 0.0546. The van der Waals surface area contributed by atoms with Crippen molar-refractivity contribution in [3.05, 3.63) is 66.2 Å². The van der Waals surface area contributed by atoms with Crippen molar-refractivity contribution in [2.24, 2.45) is 5.73 Å². The lowest BCUT2D eigenvalue weighted by Gasteiger charge is -2.11. The molecule has 0 spiro atoms. The van der Waals surface area contributed by atoms with Gasteiger partial charge in [0.1, 0.15) is 12.4 Å². The Morgan fingerprint density at radius 1 is 1.12 bits per heavy atom. The van der Waals surface area contributed by atoms with Gasteiger partial charge in [-0.1, -0.05) is 18.7 Å². The van der Waals surface area contributed by atoms with Crippen LogP contribution in [0.2, 0.25) is 0 Å². The Hall–Kier alpha value is -3.28. The van der Waals surface area contributed by atoms with E-state index in [1.165, 1.54) is 0 Å². The third-order valence-corrected chi connectivity index (χ3v) is 3.26. The van der Waals surface area contributed by atoms with E-state index in [1.54, 1.807) is 24.3 Å². The van der Waals surface area contributed by atoms with Crippen LogP contribution in [0.1, 0.15) is 17.3 Å². The Morgan fingerprint density at radius 3 is 2.44 bits per heavy atom. The van der Waals surface area contributed by atoms with Crippen molar-refractivity contribution in [2.75, 3.05) is 23.8 Å². The van der Waals surface area contributed by atoms with E-state index < -0.39 is 5.91 Å². The van der Waals surface area contributed by atoms with Gasteiger partial charge < -0.3 is 21.1 Å². The van der Waals surface area contributed by atoms with Crippen molar-refractivity contribution in [2.45, 2.75) is 6.92 Å². The summed E-state index contributed by atoms with van der Waals surface area (Å²) in [5.74, 6) is -0.140. The largest absolute Gasteiger partial charge is 0.489 e. The quantitative estimate of drug-likeness (QED) is 0.645. The van der Waals surface area contributed by atoms with Gasteiger partial charge >= 0.3 is 0 Å². The molecule has 0 aliphatic rings. The standard InChI is InChI=1S/C19H21N3O3/c1-13(2)12-25-15-9-7-14(8-10-15)21-11-18(23)22-17-6-4-3-5-16(17)19(20)24/h3-10,21H,1,11-12H2,2H3,(H2,20,24)(H,22,23). The van der Waals surface area contributed by atoms with Gasteiger partial charge in [-0.25, -0.2) is 0 Å². The number of benzene rings is 2. The minimum Gasteiger partial charge on any atom is -0.489 e. The molecule has 0 aliphatic heterocycles. The molecule has 0 heterocycles. The Balaban J connectivity index is 1.88. The Bertz CT molecular complexity index is 770. The lowest BCUT2D eigenvalue weighted by Crippen LogP contribution is -2.24. The molecule has 25 heavy (non-hydrogen) atoms. The Morgan fingerprint density at radius 2 is 1.80 bits per heavy atom. The van der Waals surface area contributed by atoms with Crippen molar-refractivity contribution in [3.63, 3.8) is 0 Å². The van der Waals surface area contributed by atoms with Crippen molar-refractivity contribution >= 4 is 23.2 Å². The van der Waals surface area contributed by atoms with Crippen molar-refractivity contribution in [3.8, 4) is 5.75 Å². The van der Waals surface area contributed by atoms with E-state index in [4.69, 9.17) is 10.5 Å². The lowest BCUT2D eigenvalue weighted by molar-refractivity contribution is -0.114. The highest BCUT2D eigenvalue weighted by Crippen LogP contribution is 2.17. The van der Waals surface area contributed by atoms with Crippen molar-refractivity contribution in [1.29, 1.82) is 0 Å². The molecule has 2 aromatic rings. The summed E-state index contributed by atoms with van der Waals surface area (Å²) in [6, 6.07) is 13.9. The van der Waals surface area contributed by atoms with Gasteiger partial charge in [0.2, 0.25) is 5.91 Å². The van der Waals surface area contributed by atoms with Crippen molar-refractivity contribution < 1.29 is 14.3 Å². The van der Waals surface area contributed by atoms with Crippen LogP contribution in [0, 0.1) is 0 Å². The summed E-state index contributed by atoms with van der Waals surface area (Å²) in [5.41, 5.74) is 7.68. The summed E-state index contributed by atoms with van der Waals surface area (Å²) >= 11 is 0. The van der Waals surface area contributed by atoms with E-state index in [2.05, 4.69) is 17.2 Å². The number of ether oxygens (including phenoxy) is 1. The van der Waals surface area contributed by atoms with Crippen LogP contribution in [0.15, 0.2) is 60.7 Å². The second-order valence-electron chi connectivity index (χ2n) is 5.58. The molecule has 2 aromatic carbocycles. The van der Waals surface area contributed by atoms with Crippen molar-refractivity contribution in [1.82, 2.24) is 0 Å². The number of hydrogen-bond acceptors (Lipinski definition) is 4. The molecule has 6 nitrogen and oxygen atoms in total. The second kappa shape index (κ2) is 8.54. The number of primary amides is 1. The van der Waals surface area contributed by atoms with Gasteiger partial charge in [0.05, 0.1) is 17.8 Å². The van der Waals surface area contributed by atoms with Crippen LogP contribution < -0.4 is 21.1 Å². The van der Waals surface area contributed by atoms with E-state index in [-0.39, 0.29) is 18.0 Å². The zero-order valence-electron chi connectivity index (χ0n) is 14.0. The van der Waals surface area contributed by atoms with Crippen LogP contribution in [-0.2, 0) is 4.79 Å². The number of nitrogens with one attached hydrogen (secondary N) is 2. The van der Waals surface area contributed by atoms with Gasteiger partial charge in [0.15, 0.2) is 0 Å². The summed E-state index contributed by atoms with van der Waals surface area (Å²) < 4.78 is 5.51. The molecule has 130 valence electrons. The first-order chi connectivity index (χ1) is 12.0. The molecule has 0 aliphatic carbocycles. The Labute approximate surface area is 146 Å². The second-order valence-corrected chi connectivity index (χ2v) is 5.58. The third-order valence-electron chi connectivity index (χ3n) is 3.26. The molecule has 0 saturated carbocycles. The van der Waals surface area contributed by atoms with Gasteiger partial charge in [-0.05, 0) is 48.9 Å². The molecule has 2 rings (SSSR count). The maximum atomic E-state index is 12.0. The molecular formula is C19H21N3O3. The first-order valence-electron chi connectivity index (χ1n) is 7.75. The normalized spacial score (nSPS) is 9.96. The highest BCUT2D eigenvalue weighted by Gasteiger charge is 2.10. The van der Waals surface area contributed by atoms with E-state index in [9.17, 15) is 9.59 Å². The monoisotopic (exact) mass is 339 g/mol. The number of nitrogens with two attached hydrogens (primary N) is 1. The summed E-state index contributed by atoms with van der Waals surface area (Å²) in [6.45, 7) is 6.19. The fourth-order valence-corrected chi connectivity index (χ4v) is 2.06. The van der Waals surface area contributed by atoms with Crippen LogP contribution in [0.5, 0.6) is 5.75 Å². The van der Waals surface area contributed by atoms with E-state index >= 15 is 0 Å². The summed E-state index contributed by atoms with van der Waals surface area (Å²) in [7, 11) is 0. The number of amides is 2. The number of hydrogen-bond donors (Lipinski definition) is 3. The fourth-order valence-electron chi connectivity index (χ4n) is 2.06. The average molecular weight is 339 g/mol. The fraction of sp³-hybridized carbons (Fsp3) is 0.158. The molecule has 2 amide bonds.